The van der Waals surface area contributed by atoms with Gasteiger partial charge in [0, 0.05) is 25.6 Å². The van der Waals surface area contributed by atoms with Gasteiger partial charge in [-0.05, 0) is 50.3 Å². The highest BCUT2D eigenvalue weighted by atomic mass is 16.5. The topological polar surface area (TPSA) is 49.8 Å². The number of aliphatic hydroxyl groups excluding tert-OH is 1. The molecule has 1 aliphatic carbocycles. The molecule has 1 aromatic carbocycles. The zero-order valence-corrected chi connectivity index (χ0v) is 13.6. The molecule has 1 saturated carbocycles. The number of ketones is 1. The predicted octanol–water partition coefficient (Wildman–Crippen LogP) is 2.78. The second-order valence-corrected chi connectivity index (χ2v) is 6.24. The first-order valence-electron chi connectivity index (χ1n) is 8.13. The Bertz CT molecular complexity index is 481. The smallest absolute Gasteiger partial charge is 0.131 e. The van der Waals surface area contributed by atoms with E-state index in [0.29, 0.717) is 12.5 Å². The van der Waals surface area contributed by atoms with Gasteiger partial charge in [0.2, 0.25) is 0 Å². The lowest BCUT2D eigenvalue weighted by atomic mass is 9.91. The molecule has 1 N–H and O–H groups in total. The van der Waals surface area contributed by atoms with Gasteiger partial charge in [0.1, 0.15) is 11.5 Å². The molecule has 0 bridgehead atoms. The molecule has 1 aromatic rings. The van der Waals surface area contributed by atoms with Gasteiger partial charge in [-0.15, -0.1) is 0 Å². The maximum Gasteiger partial charge on any atom is 0.131 e. The molecule has 0 heterocycles. The van der Waals surface area contributed by atoms with Crippen LogP contribution in [0.25, 0.3) is 0 Å². The Morgan fingerprint density at radius 2 is 2.05 bits per heavy atom. The SMILES string of the molecule is COc1cccc(CN(CCC(C)=O)C2CCC(O)CC2)c1. The molecule has 122 valence electrons. The fraction of sp³-hybridized carbons (Fsp3) is 0.611. The van der Waals surface area contributed by atoms with E-state index < -0.39 is 0 Å². The third-order valence-corrected chi connectivity index (χ3v) is 4.45. The second kappa shape index (κ2) is 8.30. The van der Waals surface area contributed by atoms with Crippen molar-refractivity contribution in [2.24, 2.45) is 0 Å². The number of hydrogen-bond acceptors (Lipinski definition) is 4. The van der Waals surface area contributed by atoms with E-state index in [9.17, 15) is 9.90 Å². The largest absolute Gasteiger partial charge is 0.497 e. The van der Waals surface area contributed by atoms with Gasteiger partial charge >= 0.3 is 0 Å². The highest BCUT2D eigenvalue weighted by Crippen LogP contribution is 2.25. The summed E-state index contributed by atoms with van der Waals surface area (Å²) in [6.07, 6.45) is 4.16. The number of nitrogens with zero attached hydrogens (tertiary/aromatic N) is 1. The Morgan fingerprint density at radius 3 is 2.68 bits per heavy atom. The minimum absolute atomic E-state index is 0.150. The van der Waals surface area contributed by atoms with Crippen LogP contribution in [-0.4, -0.2) is 41.6 Å². The number of hydrogen-bond donors (Lipinski definition) is 1. The van der Waals surface area contributed by atoms with Crippen molar-refractivity contribution in [3.63, 3.8) is 0 Å². The maximum atomic E-state index is 11.3. The van der Waals surface area contributed by atoms with E-state index in [1.807, 2.05) is 12.1 Å². The molecule has 4 nitrogen and oxygen atoms in total. The van der Waals surface area contributed by atoms with Crippen LogP contribution in [-0.2, 0) is 11.3 Å². The highest BCUT2D eigenvalue weighted by molar-refractivity contribution is 5.75. The summed E-state index contributed by atoms with van der Waals surface area (Å²) in [7, 11) is 1.68. The summed E-state index contributed by atoms with van der Waals surface area (Å²) in [5, 5.41) is 9.70. The van der Waals surface area contributed by atoms with Crippen molar-refractivity contribution >= 4 is 5.78 Å². The summed E-state index contributed by atoms with van der Waals surface area (Å²) in [4.78, 5) is 13.7. The van der Waals surface area contributed by atoms with Crippen molar-refractivity contribution in [3.05, 3.63) is 29.8 Å². The number of carbonyl (C=O) groups excluding carboxylic acids is 1. The average molecular weight is 305 g/mol. The van der Waals surface area contributed by atoms with Crippen molar-refractivity contribution in [3.8, 4) is 5.75 Å². The number of ether oxygens (including phenoxy) is 1. The molecule has 1 aliphatic rings. The van der Waals surface area contributed by atoms with E-state index in [1.165, 1.54) is 5.56 Å². The predicted molar refractivity (Wildman–Crippen MR) is 87.0 cm³/mol. The molecular weight excluding hydrogens is 278 g/mol. The lowest BCUT2D eigenvalue weighted by molar-refractivity contribution is -0.117. The molecule has 0 spiro atoms. The Hall–Kier alpha value is -1.39. The van der Waals surface area contributed by atoms with Gasteiger partial charge in [-0.2, -0.15) is 0 Å². The van der Waals surface area contributed by atoms with E-state index in [1.54, 1.807) is 14.0 Å². The van der Waals surface area contributed by atoms with Gasteiger partial charge in [0.15, 0.2) is 0 Å². The Balaban J connectivity index is 2.04. The van der Waals surface area contributed by atoms with Crippen LogP contribution in [0.4, 0.5) is 0 Å². The van der Waals surface area contributed by atoms with Crippen LogP contribution in [0.2, 0.25) is 0 Å². The van der Waals surface area contributed by atoms with Crippen LogP contribution >= 0.6 is 0 Å². The minimum Gasteiger partial charge on any atom is -0.497 e. The number of benzene rings is 1. The van der Waals surface area contributed by atoms with Crippen LogP contribution in [0.15, 0.2) is 24.3 Å². The maximum absolute atomic E-state index is 11.3. The van der Waals surface area contributed by atoms with Crippen molar-refractivity contribution in [1.82, 2.24) is 4.90 Å². The van der Waals surface area contributed by atoms with Crippen molar-refractivity contribution in [1.29, 1.82) is 0 Å². The first-order chi connectivity index (χ1) is 10.6. The molecule has 0 aromatic heterocycles. The molecule has 2 rings (SSSR count). The quantitative estimate of drug-likeness (QED) is 0.841. The van der Waals surface area contributed by atoms with Gasteiger partial charge in [-0.3, -0.25) is 9.69 Å². The normalized spacial score (nSPS) is 21.8. The Morgan fingerprint density at radius 1 is 1.32 bits per heavy atom. The van der Waals surface area contributed by atoms with Crippen molar-refractivity contribution in [2.75, 3.05) is 13.7 Å². The summed E-state index contributed by atoms with van der Waals surface area (Å²) in [6.45, 7) is 3.26. The average Bonchev–Trinajstić information content (AvgIpc) is 2.52. The first kappa shape index (κ1) is 17.0. The summed E-state index contributed by atoms with van der Waals surface area (Å²) in [6, 6.07) is 8.55. The van der Waals surface area contributed by atoms with E-state index in [2.05, 4.69) is 17.0 Å². The van der Waals surface area contributed by atoms with Crippen LogP contribution in [0.5, 0.6) is 5.75 Å². The van der Waals surface area contributed by atoms with Gasteiger partial charge in [0.05, 0.1) is 13.2 Å². The summed E-state index contributed by atoms with van der Waals surface area (Å²) in [5.41, 5.74) is 1.20. The number of aliphatic hydroxyl groups is 1. The van der Waals surface area contributed by atoms with Crippen molar-refractivity contribution < 1.29 is 14.6 Å². The fourth-order valence-electron chi connectivity index (χ4n) is 3.12. The van der Waals surface area contributed by atoms with Gasteiger partial charge in [0.25, 0.3) is 0 Å². The molecule has 0 atom stereocenters. The molecular formula is C18H27NO3. The number of carbonyl (C=O) groups is 1. The van der Waals surface area contributed by atoms with E-state index >= 15 is 0 Å². The van der Waals surface area contributed by atoms with Crippen molar-refractivity contribution in [2.45, 2.75) is 57.7 Å². The highest BCUT2D eigenvalue weighted by Gasteiger charge is 2.25. The van der Waals surface area contributed by atoms with Gasteiger partial charge < -0.3 is 9.84 Å². The standard InChI is InChI=1S/C18H27NO3/c1-14(20)10-11-19(16-6-8-17(21)9-7-16)13-15-4-3-5-18(12-15)22-2/h3-5,12,16-17,21H,6-11,13H2,1-2H3. The molecule has 0 radical (unpaired) electrons. The zero-order valence-electron chi connectivity index (χ0n) is 13.6. The van der Waals surface area contributed by atoms with E-state index in [-0.39, 0.29) is 11.9 Å². The summed E-state index contributed by atoms with van der Waals surface area (Å²) >= 11 is 0. The lowest BCUT2D eigenvalue weighted by Gasteiger charge is -2.35. The van der Waals surface area contributed by atoms with Gasteiger partial charge in [-0.25, -0.2) is 0 Å². The third kappa shape index (κ3) is 5.11. The van der Waals surface area contributed by atoms with Crippen LogP contribution in [0.1, 0.15) is 44.6 Å². The molecule has 0 unspecified atom stereocenters. The number of methoxy groups -OCH3 is 1. The third-order valence-electron chi connectivity index (χ3n) is 4.45. The molecule has 0 amide bonds. The van der Waals surface area contributed by atoms with E-state index in [0.717, 1.165) is 44.5 Å². The van der Waals surface area contributed by atoms with E-state index in [4.69, 9.17) is 4.74 Å². The first-order valence-corrected chi connectivity index (χ1v) is 8.13. The number of rotatable bonds is 7. The number of Topliss-reactive ketones (excluding diaryl/α,β-unsaturated/α-hetero) is 1. The molecule has 1 fully saturated rings. The summed E-state index contributed by atoms with van der Waals surface area (Å²) < 4.78 is 5.29. The Labute approximate surface area is 133 Å². The minimum atomic E-state index is -0.150. The molecule has 0 saturated heterocycles. The molecule has 22 heavy (non-hydrogen) atoms. The van der Waals surface area contributed by atoms with Crippen LogP contribution < -0.4 is 4.74 Å². The van der Waals surface area contributed by atoms with Crippen LogP contribution in [0, 0.1) is 0 Å². The van der Waals surface area contributed by atoms with Crippen LogP contribution in [0.3, 0.4) is 0 Å². The van der Waals surface area contributed by atoms with Gasteiger partial charge in [-0.1, -0.05) is 12.1 Å². The Kier molecular flexibility index (Phi) is 6.40. The second-order valence-electron chi connectivity index (χ2n) is 6.24. The fourth-order valence-corrected chi connectivity index (χ4v) is 3.12. The summed E-state index contributed by atoms with van der Waals surface area (Å²) in [5.74, 6) is 1.09. The molecule has 0 aliphatic heterocycles. The zero-order chi connectivity index (χ0) is 15.9. The lowest BCUT2D eigenvalue weighted by Crippen LogP contribution is -2.39. The monoisotopic (exact) mass is 305 g/mol. The molecule has 4 heteroatoms.